The second-order valence-corrected chi connectivity index (χ2v) is 8.78. The number of nitrogens with one attached hydrogen (secondary N) is 1. The van der Waals surface area contributed by atoms with Gasteiger partial charge in [0, 0.05) is 70.9 Å². The SMILES string of the molecule is CN=C(NCCCN1CCN(c2ccccc2)CC1)N1CCC(C)C(n2ccnc2)C1. The molecule has 2 fully saturated rings. The van der Waals surface area contributed by atoms with Crippen LogP contribution in [-0.2, 0) is 0 Å². The molecule has 2 saturated heterocycles. The summed E-state index contributed by atoms with van der Waals surface area (Å²) in [5.74, 6) is 1.68. The van der Waals surface area contributed by atoms with Crippen LogP contribution in [0.2, 0.25) is 0 Å². The maximum atomic E-state index is 4.57. The van der Waals surface area contributed by atoms with Crippen molar-refractivity contribution in [3.63, 3.8) is 0 Å². The number of nitrogens with zero attached hydrogens (tertiary/aromatic N) is 6. The second kappa shape index (κ2) is 10.7. The molecule has 0 bridgehead atoms. The van der Waals surface area contributed by atoms with Gasteiger partial charge in [-0.2, -0.15) is 0 Å². The van der Waals surface area contributed by atoms with Crippen LogP contribution in [0.15, 0.2) is 54.0 Å². The Morgan fingerprint density at radius 1 is 1.13 bits per heavy atom. The van der Waals surface area contributed by atoms with Crippen molar-refractivity contribution >= 4 is 11.6 Å². The third kappa shape index (κ3) is 5.58. The highest BCUT2D eigenvalue weighted by molar-refractivity contribution is 5.80. The van der Waals surface area contributed by atoms with Crippen molar-refractivity contribution in [2.75, 3.05) is 64.3 Å². The summed E-state index contributed by atoms with van der Waals surface area (Å²) >= 11 is 0. The van der Waals surface area contributed by atoms with Gasteiger partial charge in [-0.1, -0.05) is 25.1 Å². The van der Waals surface area contributed by atoms with Crippen molar-refractivity contribution < 1.29 is 0 Å². The van der Waals surface area contributed by atoms with Crippen LogP contribution in [0.4, 0.5) is 5.69 Å². The minimum absolute atomic E-state index is 0.454. The lowest BCUT2D eigenvalue weighted by molar-refractivity contribution is 0.188. The minimum atomic E-state index is 0.454. The number of anilines is 1. The molecule has 4 rings (SSSR count). The summed E-state index contributed by atoms with van der Waals surface area (Å²) < 4.78 is 2.25. The molecule has 0 amide bonds. The molecule has 2 atom stereocenters. The molecule has 168 valence electrons. The highest BCUT2D eigenvalue weighted by Crippen LogP contribution is 2.27. The Labute approximate surface area is 186 Å². The standard InChI is InChI=1S/C24H37N7/c1-21-9-13-30(19-23(21)31-14-11-26-20-31)24(25-2)27-10-6-12-28-15-17-29(18-16-28)22-7-4-3-5-8-22/h3-5,7-8,11,14,20-21,23H,6,9-10,12-13,15-19H2,1-2H3,(H,25,27). The first-order valence-corrected chi connectivity index (χ1v) is 11.7. The topological polar surface area (TPSA) is 51.9 Å². The largest absolute Gasteiger partial charge is 0.369 e. The first kappa shape index (κ1) is 21.7. The molecule has 2 aliphatic heterocycles. The van der Waals surface area contributed by atoms with Gasteiger partial charge in [0.05, 0.1) is 12.4 Å². The fourth-order valence-electron chi connectivity index (χ4n) is 4.80. The summed E-state index contributed by atoms with van der Waals surface area (Å²) in [6.45, 7) is 11.0. The van der Waals surface area contributed by atoms with Crippen LogP contribution in [0.1, 0.15) is 25.8 Å². The van der Waals surface area contributed by atoms with Crippen LogP contribution in [0.5, 0.6) is 0 Å². The minimum Gasteiger partial charge on any atom is -0.369 e. The average molecular weight is 424 g/mol. The van der Waals surface area contributed by atoms with E-state index in [1.807, 2.05) is 19.6 Å². The van der Waals surface area contributed by atoms with Crippen LogP contribution in [0, 0.1) is 5.92 Å². The number of benzene rings is 1. The lowest BCUT2D eigenvalue weighted by Crippen LogP contribution is -2.50. The van der Waals surface area contributed by atoms with Gasteiger partial charge < -0.3 is 19.7 Å². The molecular weight excluding hydrogens is 386 g/mol. The van der Waals surface area contributed by atoms with Gasteiger partial charge in [0.1, 0.15) is 0 Å². The third-order valence-electron chi connectivity index (χ3n) is 6.77. The first-order valence-electron chi connectivity index (χ1n) is 11.7. The number of hydrogen-bond acceptors (Lipinski definition) is 4. The van der Waals surface area contributed by atoms with Gasteiger partial charge in [0.2, 0.25) is 0 Å². The zero-order valence-electron chi connectivity index (χ0n) is 19.0. The first-order chi connectivity index (χ1) is 15.2. The van der Waals surface area contributed by atoms with E-state index in [9.17, 15) is 0 Å². The Balaban J connectivity index is 1.18. The van der Waals surface area contributed by atoms with Crippen LogP contribution in [0.3, 0.4) is 0 Å². The number of aromatic nitrogens is 2. The molecule has 3 heterocycles. The van der Waals surface area contributed by atoms with E-state index in [4.69, 9.17) is 0 Å². The fraction of sp³-hybridized carbons (Fsp3) is 0.583. The van der Waals surface area contributed by atoms with Crippen LogP contribution < -0.4 is 10.2 Å². The average Bonchev–Trinajstić information content (AvgIpc) is 3.35. The molecule has 0 spiro atoms. The number of aliphatic imine (C=N–C) groups is 1. The number of rotatable bonds is 6. The van der Waals surface area contributed by atoms with E-state index in [0.29, 0.717) is 12.0 Å². The van der Waals surface area contributed by atoms with Crippen molar-refractivity contribution in [1.82, 2.24) is 24.7 Å². The Hall–Kier alpha value is -2.54. The molecule has 2 unspecified atom stereocenters. The maximum Gasteiger partial charge on any atom is 0.193 e. The zero-order valence-corrected chi connectivity index (χ0v) is 19.0. The van der Waals surface area contributed by atoms with Gasteiger partial charge in [-0.25, -0.2) is 4.98 Å². The van der Waals surface area contributed by atoms with E-state index in [-0.39, 0.29) is 0 Å². The summed E-state index contributed by atoms with van der Waals surface area (Å²) in [6, 6.07) is 11.2. The predicted octanol–water partition coefficient (Wildman–Crippen LogP) is 2.55. The number of piperidine rings is 1. The monoisotopic (exact) mass is 423 g/mol. The molecule has 31 heavy (non-hydrogen) atoms. The zero-order chi connectivity index (χ0) is 21.5. The number of hydrogen-bond donors (Lipinski definition) is 1. The fourth-order valence-corrected chi connectivity index (χ4v) is 4.80. The molecule has 1 aromatic heterocycles. The summed E-state index contributed by atoms with van der Waals surface area (Å²) in [4.78, 5) is 16.3. The van der Waals surface area contributed by atoms with Crippen molar-refractivity contribution in [2.45, 2.75) is 25.8 Å². The van der Waals surface area contributed by atoms with Crippen molar-refractivity contribution in [3.05, 3.63) is 49.1 Å². The van der Waals surface area contributed by atoms with Gasteiger partial charge in [-0.05, 0) is 37.4 Å². The molecule has 7 nitrogen and oxygen atoms in total. The van der Waals surface area contributed by atoms with E-state index in [1.165, 1.54) is 12.1 Å². The smallest absolute Gasteiger partial charge is 0.193 e. The van der Waals surface area contributed by atoms with E-state index >= 15 is 0 Å². The van der Waals surface area contributed by atoms with Gasteiger partial charge in [0.15, 0.2) is 5.96 Å². The number of imidazole rings is 1. The molecule has 0 aliphatic carbocycles. The van der Waals surface area contributed by atoms with Crippen molar-refractivity contribution in [1.29, 1.82) is 0 Å². The van der Waals surface area contributed by atoms with Crippen LogP contribution in [0.25, 0.3) is 0 Å². The molecule has 0 radical (unpaired) electrons. The van der Waals surface area contributed by atoms with Crippen molar-refractivity contribution in [3.8, 4) is 0 Å². The van der Waals surface area contributed by atoms with Gasteiger partial charge >= 0.3 is 0 Å². The van der Waals surface area contributed by atoms with Crippen LogP contribution >= 0.6 is 0 Å². The van der Waals surface area contributed by atoms with E-state index < -0.39 is 0 Å². The summed E-state index contributed by atoms with van der Waals surface area (Å²) in [5.41, 5.74) is 1.34. The third-order valence-corrected chi connectivity index (χ3v) is 6.77. The molecule has 1 aromatic carbocycles. The van der Waals surface area contributed by atoms with E-state index in [1.54, 1.807) is 0 Å². The Morgan fingerprint density at radius 3 is 2.65 bits per heavy atom. The van der Waals surface area contributed by atoms with Gasteiger partial charge in [0.25, 0.3) is 0 Å². The Bertz CT molecular complexity index is 797. The van der Waals surface area contributed by atoms with Crippen molar-refractivity contribution in [2.24, 2.45) is 10.9 Å². The number of likely N-dealkylation sites (tertiary alicyclic amines) is 1. The molecular formula is C24H37N7. The van der Waals surface area contributed by atoms with E-state index in [2.05, 4.69) is 78.0 Å². The van der Waals surface area contributed by atoms with Gasteiger partial charge in [-0.3, -0.25) is 9.89 Å². The maximum absolute atomic E-state index is 4.57. The van der Waals surface area contributed by atoms with Gasteiger partial charge in [-0.15, -0.1) is 0 Å². The molecule has 1 N–H and O–H groups in total. The number of guanidine groups is 1. The second-order valence-electron chi connectivity index (χ2n) is 8.78. The normalized spacial score (nSPS) is 23.2. The summed E-state index contributed by atoms with van der Waals surface area (Å²) in [5, 5.41) is 3.61. The summed E-state index contributed by atoms with van der Waals surface area (Å²) in [6.07, 6.45) is 8.21. The molecule has 2 aromatic rings. The Kier molecular flexibility index (Phi) is 7.46. The lowest BCUT2D eigenvalue weighted by atomic mass is 9.93. The molecule has 7 heteroatoms. The van der Waals surface area contributed by atoms with Crippen LogP contribution in [-0.4, -0.2) is 84.7 Å². The van der Waals surface area contributed by atoms with E-state index in [0.717, 1.165) is 64.7 Å². The summed E-state index contributed by atoms with van der Waals surface area (Å²) in [7, 11) is 1.90. The number of para-hydroxylation sites is 1. The quantitative estimate of drug-likeness (QED) is 0.440. The number of piperazine rings is 1. The highest BCUT2D eigenvalue weighted by Gasteiger charge is 2.28. The predicted molar refractivity (Wildman–Crippen MR) is 128 cm³/mol. The lowest BCUT2D eigenvalue weighted by Gasteiger charge is -2.39. The molecule has 2 aliphatic rings. The molecule has 0 saturated carbocycles. The highest BCUT2D eigenvalue weighted by atomic mass is 15.3. The Morgan fingerprint density at radius 2 is 1.94 bits per heavy atom.